The molecule has 3 rings (SSSR count). The van der Waals surface area contributed by atoms with Gasteiger partial charge in [0, 0.05) is 10.9 Å². The molecule has 0 aliphatic heterocycles. The summed E-state index contributed by atoms with van der Waals surface area (Å²) in [5.41, 5.74) is 1.68. The van der Waals surface area contributed by atoms with Crippen LogP contribution >= 0.6 is 11.8 Å². The SMILES string of the molecule is C[C@@H](NC(=O)c1ccccc1SCC(=O)NC1CCCCCCC1)c1ccccc1. The number of carbonyl (C=O) groups excluding carboxylic acids is 2. The predicted molar refractivity (Wildman–Crippen MR) is 124 cm³/mol. The van der Waals surface area contributed by atoms with Crippen LogP contribution in [-0.2, 0) is 4.79 Å². The van der Waals surface area contributed by atoms with Gasteiger partial charge in [-0.25, -0.2) is 0 Å². The normalized spacial score (nSPS) is 16.2. The second-order valence-electron chi connectivity index (χ2n) is 8.00. The molecule has 0 aromatic heterocycles. The Morgan fingerprint density at radius 1 is 0.933 bits per heavy atom. The third-order valence-electron chi connectivity index (χ3n) is 5.61. The highest BCUT2D eigenvalue weighted by Crippen LogP contribution is 2.24. The minimum atomic E-state index is -0.116. The fourth-order valence-corrected chi connectivity index (χ4v) is 4.75. The molecule has 2 aromatic carbocycles. The van der Waals surface area contributed by atoms with E-state index in [1.54, 1.807) is 0 Å². The van der Waals surface area contributed by atoms with Crippen LogP contribution in [0, 0.1) is 0 Å². The van der Waals surface area contributed by atoms with Crippen LogP contribution in [0.1, 0.15) is 73.8 Å². The molecule has 0 heterocycles. The van der Waals surface area contributed by atoms with Crippen LogP contribution in [0.3, 0.4) is 0 Å². The van der Waals surface area contributed by atoms with Gasteiger partial charge in [0.1, 0.15) is 0 Å². The molecule has 160 valence electrons. The van der Waals surface area contributed by atoms with E-state index in [1.807, 2.05) is 61.5 Å². The van der Waals surface area contributed by atoms with Gasteiger partial charge in [0.15, 0.2) is 0 Å². The van der Waals surface area contributed by atoms with E-state index in [9.17, 15) is 9.59 Å². The highest BCUT2D eigenvalue weighted by molar-refractivity contribution is 8.00. The van der Waals surface area contributed by atoms with E-state index in [4.69, 9.17) is 0 Å². The summed E-state index contributed by atoms with van der Waals surface area (Å²) in [5.74, 6) is 0.267. The van der Waals surface area contributed by atoms with E-state index in [2.05, 4.69) is 10.6 Å². The minimum Gasteiger partial charge on any atom is -0.353 e. The largest absolute Gasteiger partial charge is 0.353 e. The molecule has 0 saturated heterocycles. The summed E-state index contributed by atoms with van der Waals surface area (Å²) in [6.45, 7) is 1.98. The van der Waals surface area contributed by atoms with Gasteiger partial charge in [0.2, 0.25) is 5.91 Å². The van der Waals surface area contributed by atoms with Crippen molar-refractivity contribution in [2.75, 3.05) is 5.75 Å². The number of thioether (sulfide) groups is 1. The summed E-state index contributed by atoms with van der Waals surface area (Å²) >= 11 is 1.43. The summed E-state index contributed by atoms with van der Waals surface area (Å²) in [6.07, 6.45) is 8.40. The standard InChI is InChI=1S/C25H32N2O2S/c1-19(20-12-6-5-7-13-20)26-25(29)22-16-10-11-17-23(22)30-18-24(28)27-21-14-8-3-2-4-9-15-21/h5-7,10-13,16-17,19,21H,2-4,8-9,14-15,18H2,1H3,(H,26,29)(H,27,28)/t19-/m1/s1. The number of hydrogen-bond donors (Lipinski definition) is 2. The van der Waals surface area contributed by atoms with Crippen LogP contribution in [0.4, 0.5) is 0 Å². The Morgan fingerprint density at radius 3 is 2.30 bits per heavy atom. The first kappa shape index (κ1) is 22.4. The second kappa shape index (κ2) is 11.8. The lowest BCUT2D eigenvalue weighted by atomic mass is 9.97. The van der Waals surface area contributed by atoms with Crippen LogP contribution in [0.2, 0.25) is 0 Å². The zero-order chi connectivity index (χ0) is 21.2. The monoisotopic (exact) mass is 424 g/mol. The van der Waals surface area contributed by atoms with E-state index in [0.29, 0.717) is 17.4 Å². The van der Waals surface area contributed by atoms with Gasteiger partial charge in [0.05, 0.1) is 17.4 Å². The lowest BCUT2D eigenvalue weighted by molar-refractivity contribution is -0.119. The molecule has 2 N–H and O–H groups in total. The third-order valence-corrected chi connectivity index (χ3v) is 6.68. The van der Waals surface area contributed by atoms with E-state index in [0.717, 1.165) is 23.3 Å². The number of amides is 2. The maximum absolute atomic E-state index is 12.9. The van der Waals surface area contributed by atoms with Crippen LogP contribution in [0.5, 0.6) is 0 Å². The Hall–Kier alpha value is -2.27. The molecule has 0 bridgehead atoms. The van der Waals surface area contributed by atoms with E-state index in [1.165, 1.54) is 43.9 Å². The lowest BCUT2D eigenvalue weighted by Crippen LogP contribution is -2.36. The molecule has 1 atom stereocenters. The van der Waals surface area contributed by atoms with Gasteiger partial charge in [-0.05, 0) is 37.5 Å². The Labute approximate surface area is 184 Å². The average molecular weight is 425 g/mol. The molecule has 4 nitrogen and oxygen atoms in total. The average Bonchev–Trinajstić information content (AvgIpc) is 2.75. The molecule has 1 fully saturated rings. The minimum absolute atomic E-state index is 0.0541. The van der Waals surface area contributed by atoms with Crippen molar-refractivity contribution >= 4 is 23.6 Å². The Kier molecular flexibility index (Phi) is 8.81. The van der Waals surface area contributed by atoms with Crippen LogP contribution < -0.4 is 10.6 Å². The van der Waals surface area contributed by atoms with Gasteiger partial charge in [-0.1, -0.05) is 74.6 Å². The first-order valence-electron chi connectivity index (χ1n) is 11.0. The molecule has 1 saturated carbocycles. The highest BCUT2D eigenvalue weighted by Gasteiger charge is 2.17. The van der Waals surface area contributed by atoms with E-state index >= 15 is 0 Å². The van der Waals surface area contributed by atoms with E-state index < -0.39 is 0 Å². The highest BCUT2D eigenvalue weighted by atomic mass is 32.2. The molecular weight excluding hydrogens is 392 g/mol. The molecule has 0 unspecified atom stereocenters. The van der Waals surface area contributed by atoms with Crippen molar-refractivity contribution in [2.45, 2.75) is 68.8 Å². The number of carbonyl (C=O) groups is 2. The van der Waals surface area contributed by atoms with Crippen molar-refractivity contribution in [1.82, 2.24) is 10.6 Å². The van der Waals surface area contributed by atoms with Crippen molar-refractivity contribution in [1.29, 1.82) is 0 Å². The van der Waals surface area contributed by atoms with Gasteiger partial charge in [0.25, 0.3) is 5.91 Å². The van der Waals surface area contributed by atoms with Crippen molar-refractivity contribution in [2.24, 2.45) is 0 Å². The second-order valence-corrected chi connectivity index (χ2v) is 9.02. The number of hydrogen-bond acceptors (Lipinski definition) is 3. The van der Waals surface area contributed by atoms with Crippen LogP contribution in [0.15, 0.2) is 59.5 Å². The summed E-state index contributed by atoms with van der Waals surface area (Å²) in [6, 6.07) is 17.6. The summed E-state index contributed by atoms with van der Waals surface area (Å²) in [7, 11) is 0. The maximum Gasteiger partial charge on any atom is 0.252 e. The number of nitrogens with one attached hydrogen (secondary N) is 2. The first-order chi connectivity index (χ1) is 14.6. The zero-order valence-electron chi connectivity index (χ0n) is 17.7. The predicted octanol–water partition coefficient (Wildman–Crippen LogP) is 5.50. The summed E-state index contributed by atoms with van der Waals surface area (Å²) in [5, 5.41) is 6.27. The zero-order valence-corrected chi connectivity index (χ0v) is 18.5. The lowest BCUT2D eigenvalue weighted by Gasteiger charge is -2.21. The fourth-order valence-electron chi connectivity index (χ4n) is 3.89. The molecule has 0 radical (unpaired) electrons. The maximum atomic E-state index is 12.9. The molecule has 1 aliphatic rings. The fraction of sp³-hybridized carbons (Fsp3) is 0.440. The van der Waals surface area contributed by atoms with Gasteiger partial charge < -0.3 is 10.6 Å². The molecule has 1 aliphatic carbocycles. The molecule has 0 spiro atoms. The smallest absolute Gasteiger partial charge is 0.252 e. The van der Waals surface area contributed by atoms with Gasteiger partial charge in [-0.3, -0.25) is 9.59 Å². The van der Waals surface area contributed by atoms with Crippen molar-refractivity contribution < 1.29 is 9.59 Å². The first-order valence-corrected chi connectivity index (χ1v) is 12.0. The molecular formula is C25H32N2O2S. The van der Waals surface area contributed by atoms with Gasteiger partial charge in [-0.15, -0.1) is 11.8 Å². The molecule has 2 aromatic rings. The van der Waals surface area contributed by atoms with Crippen molar-refractivity contribution in [3.63, 3.8) is 0 Å². The number of benzene rings is 2. The van der Waals surface area contributed by atoms with Crippen molar-refractivity contribution in [3.8, 4) is 0 Å². The van der Waals surface area contributed by atoms with Gasteiger partial charge in [-0.2, -0.15) is 0 Å². The summed E-state index contributed by atoms with van der Waals surface area (Å²) < 4.78 is 0. The Morgan fingerprint density at radius 2 is 1.57 bits per heavy atom. The van der Waals surface area contributed by atoms with Crippen LogP contribution in [-0.4, -0.2) is 23.6 Å². The van der Waals surface area contributed by atoms with Crippen molar-refractivity contribution in [3.05, 3.63) is 65.7 Å². The molecule has 30 heavy (non-hydrogen) atoms. The van der Waals surface area contributed by atoms with E-state index in [-0.39, 0.29) is 17.9 Å². The topological polar surface area (TPSA) is 58.2 Å². The quantitative estimate of drug-likeness (QED) is 0.577. The molecule has 2 amide bonds. The van der Waals surface area contributed by atoms with Gasteiger partial charge >= 0.3 is 0 Å². The number of rotatable bonds is 7. The van der Waals surface area contributed by atoms with Crippen LogP contribution in [0.25, 0.3) is 0 Å². The summed E-state index contributed by atoms with van der Waals surface area (Å²) in [4.78, 5) is 26.2. The molecule has 5 heteroatoms. The Bertz CT molecular complexity index is 817. The third kappa shape index (κ3) is 6.91. The Balaban J connectivity index is 1.55.